The van der Waals surface area contributed by atoms with Crippen molar-refractivity contribution in [1.82, 2.24) is 5.43 Å². The van der Waals surface area contributed by atoms with Crippen molar-refractivity contribution in [2.24, 2.45) is 5.10 Å². The first kappa shape index (κ1) is 13.7. The molecule has 2 aromatic rings. The summed E-state index contributed by atoms with van der Waals surface area (Å²) < 4.78 is 16.5. The second kappa shape index (κ2) is 5.61. The summed E-state index contributed by atoms with van der Waals surface area (Å²) in [7, 11) is 0. The number of ether oxygens (including phenoxy) is 2. The van der Waals surface area contributed by atoms with Crippen LogP contribution < -0.4 is 14.9 Å². The lowest BCUT2D eigenvalue weighted by atomic mass is 10.2. The molecule has 0 aliphatic carbocycles. The summed E-state index contributed by atoms with van der Waals surface area (Å²) in [5.74, 6) is 1.80. The molecule has 7 heteroatoms. The third-order valence-corrected chi connectivity index (χ3v) is 3.51. The quantitative estimate of drug-likeness (QED) is 0.682. The molecule has 1 aromatic carbocycles. The first-order valence-electron chi connectivity index (χ1n) is 6.12. The van der Waals surface area contributed by atoms with E-state index in [0.29, 0.717) is 17.3 Å². The van der Waals surface area contributed by atoms with E-state index in [4.69, 9.17) is 13.9 Å². The van der Waals surface area contributed by atoms with Crippen molar-refractivity contribution in [3.8, 4) is 11.5 Å². The molecule has 6 nitrogen and oxygen atoms in total. The summed E-state index contributed by atoms with van der Waals surface area (Å²) in [5.41, 5.74) is 3.16. The maximum Gasteiger partial charge on any atom is 0.307 e. The predicted molar refractivity (Wildman–Crippen MR) is 78.8 cm³/mol. The van der Waals surface area contributed by atoms with Gasteiger partial charge in [0, 0.05) is 10.0 Å². The predicted octanol–water partition coefficient (Wildman–Crippen LogP) is 2.84. The SMILES string of the molecule is Cc1ccc(C(=O)NN=Cc2cc3c(cc2Br)OCO3)o1. The van der Waals surface area contributed by atoms with Gasteiger partial charge in [0.2, 0.25) is 6.79 Å². The number of hydrogen-bond acceptors (Lipinski definition) is 5. The molecule has 1 aromatic heterocycles. The lowest BCUT2D eigenvalue weighted by Crippen LogP contribution is -2.16. The lowest BCUT2D eigenvalue weighted by molar-refractivity contribution is 0.0926. The van der Waals surface area contributed by atoms with Gasteiger partial charge in [-0.05, 0) is 47.1 Å². The third kappa shape index (κ3) is 2.92. The van der Waals surface area contributed by atoms with Crippen LogP contribution in [0.25, 0.3) is 0 Å². The van der Waals surface area contributed by atoms with Crippen molar-refractivity contribution < 1.29 is 18.7 Å². The Hall–Kier alpha value is -2.28. The summed E-state index contributed by atoms with van der Waals surface area (Å²) >= 11 is 3.41. The average molecular weight is 351 g/mol. The van der Waals surface area contributed by atoms with Crippen molar-refractivity contribution in [2.75, 3.05) is 6.79 Å². The first-order valence-corrected chi connectivity index (χ1v) is 6.92. The number of nitrogens with one attached hydrogen (secondary N) is 1. The largest absolute Gasteiger partial charge is 0.456 e. The molecule has 0 unspecified atom stereocenters. The highest BCUT2D eigenvalue weighted by molar-refractivity contribution is 9.10. The van der Waals surface area contributed by atoms with E-state index in [0.717, 1.165) is 10.0 Å². The second-order valence-corrected chi connectivity index (χ2v) is 5.19. The van der Waals surface area contributed by atoms with E-state index in [9.17, 15) is 4.79 Å². The summed E-state index contributed by atoms with van der Waals surface area (Å²) in [6.45, 7) is 1.97. The molecular formula is C14H11BrN2O4. The number of benzene rings is 1. The van der Waals surface area contributed by atoms with Gasteiger partial charge in [0.1, 0.15) is 5.76 Å². The van der Waals surface area contributed by atoms with Gasteiger partial charge >= 0.3 is 5.91 Å². The number of hydrogen-bond donors (Lipinski definition) is 1. The number of aryl methyl sites for hydroxylation is 1. The molecule has 0 bridgehead atoms. The molecule has 2 heterocycles. The molecule has 0 spiro atoms. The van der Waals surface area contributed by atoms with Crippen LogP contribution in [-0.4, -0.2) is 18.9 Å². The van der Waals surface area contributed by atoms with E-state index >= 15 is 0 Å². The van der Waals surface area contributed by atoms with Crippen LogP contribution in [0.4, 0.5) is 0 Å². The first-order chi connectivity index (χ1) is 10.1. The molecule has 1 N–H and O–H groups in total. The number of rotatable bonds is 3. The minimum Gasteiger partial charge on any atom is -0.456 e. The minimum absolute atomic E-state index is 0.205. The summed E-state index contributed by atoms with van der Waals surface area (Å²) in [5, 5.41) is 3.90. The van der Waals surface area contributed by atoms with Crippen LogP contribution in [0.2, 0.25) is 0 Å². The van der Waals surface area contributed by atoms with Gasteiger partial charge in [0.15, 0.2) is 17.3 Å². The molecule has 0 atom stereocenters. The van der Waals surface area contributed by atoms with E-state index in [1.807, 2.05) is 0 Å². The van der Waals surface area contributed by atoms with Crippen LogP contribution in [0.5, 0.6) is 11.5 Å². The fraction of sp³-hybridized carbons (Fsp3) is 0.143. The minimum atomic E-state index is -0.406. The van der Waals surface area contributed by atoms with Crippen molar-refractivity contribution in [3.05, 3.63) is 45.8 Å². The second-order valence-electron chi connectivity index (χ2n) is 4.34. The van der Waals surface area contributed by atoms with E-state index < -0.39 is 5.91 Å². The highest BCUT2D eigenvalue weighted by atomic mass is 79.9. The number of carbonyl (C=O) groups is 1. The molecule has 1 aliphatic rings. The number of carbonyl (C=O) groups excluding carboxylic acids is 1. The van der Waals surface area contributed by atoms with E-state index in [1.165, 1.54) is 6.21 Å². The summed E-state index contributed by atoms with van der Waals surface area (Å²) in [6.07, 6.45) is 1.51. The van der Waals surface area contributed by atoms with Gasteiger partial charge in [0.05, 0.1) is 6.21 Å². The Bertz CT molecular complexity index is 724. The maximum absolute atomic E-state index is 11.7. The third-order valence-electron chi connectivity index (χ3n) is 2.83. The van der Waals surface area contributed by atoms with Crippen LogP contribution in [0.1, 0.15) is 21.9 Å². The Labute approximate surface area is 128 Å². The van der Waals surface area contributed by atoms with Gasteiger partial charge in [-0.1, -0.05) is 0 Å². The molecule has 1 amide bonds. The molecule has 0 saturated carbocycles. The molecule has 0 saturated heterocycles. The monoisotopic (exact) mass is 350 g/mol. The standard InChI is InChI=1S/C14H11BrN2O4/c1-8-2-3-11(21-8)14(18)17-16-6-9-4-12-13(5-10(9)15)20-7-19-12/h2-6H,7H2,1H3,(H,17,18). The van der Waals surface area contributed by atoms with Crippen LogP contribution in [-0.2, 0) is 0 Å². The van der Waals surface area contributed by atoms with Crippen molar-refractivity contribution >= 4 is 28.1 Å². The van der Waals surface area contributed by atoms with Crippen molar-refractivity contribution in [2.45, 2.75) is 6.92 Å². The summed E-state index contributed by atoms with van der Waals surface area (Å²) in [4.78, 5) is 11.7. The van der Waals surface area contributed by atoms with Crippen molar-refractivity contribution in [3.63, 3.8) is 0 Å². The molecular weight excluding hydrogens is 340 g/mol. The number of fused-ring (bicyclic) bond motifs is 1. The Morgan fingerprint density at radius 3 is 2.81 bits per heavy atom. The highest BCUT2D eigenvalue weighted by Crippen LogP contribution is 2.36. The Morgan fingerprint density at radius 1 is 1.33 bits per heavy atom. The topological polar surface area (TPSA) is 73.1 Å². The van der Waals surface area contributed by atoms with E-state index in [-0.39, 0.29) is 12.6 Å². The van der Waals surface area contributed by atoms with Crippen LogP contribution in [0, 0.1) is 6.92 Å². The van der Waals surface area contributed by atoms with E-state index in [2.05, 4.69) is 26.5 Å². The van der Waals surface area contributed by atoms with Gasteiger partial charge in [-0.2, -0.15) is 5.10 Å². The number of amides is 1. The Balaban J connectivity index is 1.70. The fourth-order valence-electron chi connectivity index (χ4n) is 1.80. The fourth-order valence-corrected chi connectivity index (χ4v) is 2.23. The number of nitrogens with zero attached hydrogens (tertiary/aromatic N) is 1. The smallest absolute Gasteiger partial charge is 0.307 e. The molecule has 21 heavy (non-hydrogen) atoms. The molecule has 0 radical (unpaired) electrons. The Morgan fingerprint density at radius 2 is 2.10 bits per heavy atom. The zero-order chi connectivity index (χ0) is 14.8. The number of furan rings is 1. The molecule has 0 fully saturated rings. The van der Waals surface area contributed by atoms with Gasteiger partial charge in [-0.25, -0.2) is 5.43 Å². The molecule has 3 rings (SSSR count). The molecule has 1 aliphatic heterocycles. The van der Waals surface area contributed by atoms with E-state index in [1.54, 1.807) is 31.2 Å². The van der Waals surface area contributed by atoms with Crippen LogP contribution in [0.15, 0.2) is 38.3 Å². The van der Waals surface area contributed by atoms with Crippen LogP contribution >= 0.6 is 15.9 Å². The van der Waals surface area contributed by atoms with Gasteiger partial charge in [-0.15, -0.1) is 0 Å². The summed E-state index contributed by atoms with van der Waals surface area (Å²) in [6, 6.07) is 6.88. The Kier molecular flexibility index (Phi) is 3.66. The number of halogens is 1. The normalized spacial score (nSPS) is 12.9. The lowest BCUT2D eigenvalue weighted by Gasteiger charge is -2.01. The van der Waals surface area contributed by atoms with Gasteiger partial charge in [-0.3, -0.25) is 4.79 Å². The number of hydrazone groups is 1. The van der Waals surface area contributed by atoms with Crippen LogP contribution in [0.3, 0.4) is 0 Å². The van der Waals surface area contributed by atoms with Gasteiger partial charge < -0.3 is 13.9 Å². The average Bonchev–Trinajstić information content (AvgIpc) is 3.07. The maximum atomic E-state index is 11.7. The van der Waals surface area contributed by atoms with Gasteiger partial charge in [0.25, 0.3) is 0 Å². The highest BCUT2D eigenvalue weighted by Gasteiger charge is 2.15. The van der Waals surface area contributed by atoms with Crippen molar-refractivity contribution in [1.29, 1.82) is 0 Å². The zero-order valence-corrected chi connectivity index (χ0v) is 12.6. The molecule has 108 valence electrons. The zero-order valence-electron chi connectivity index (χ0n) is 11.1.